The normalized spacial score (nSPS) is 20.8. The van der Waals surface area contributed by atoms with Gasteiger partial charge in [0.25, 0.3) is 0 Å². The molecule has 2 aliphatic rings. The second-order valence-electron chi connectivity index (χ2n) is 7.95. The molecular formula is C22H17ClF9NO. The van der Waals surface area contributed by atoms with Crippen LogP contribution in [-0.2, 0) is 23.3 Å². The van der Waals surface area contributed by atoms with Crippen LogP contribution < -0.4 is 0 Å². The topological polar surface area (TPSA) is 20.3 Å². The van der Waals surface area contributed by atoms with Crippen molar-refractivity contribution in [3.8, 4) is 0 Å². The first-order valence-corrected chi connectivity index (χ1v) is 10.4. The third kappa shape index (κ3) is 5.97. The molecule has 186 valence electrons. The molecule has 34 heavy (non-hydrogen) atoms. The predicted molar refractivity (Wildman–Crippen MR) is 105 cm³/mol. The summed E-state index contributed by atoms with van der Waals surface area (Å²) in [7, 11) is 0. The summed E-state index contributed by atoms with van der Waals surface area (Å²) in [5, 5.41) is 0.304. The molecule has 12 heteroatoms. The predicted octanol–water partition coefficient (Wildman–Crippen LogP) is 7.56. The summed E-state index contributed by atoms with van der Waals surface area (Å²) < 4.78 is 113. The van der Waals surface area contributed by atoms with Gasteiger partial charge in [0.15, 0.2) is 0 Å². The Morgan fingerprint density at radius 3 is 1.74 bits per heavy atom. The third-order valence-electron chi connectivity index (χ3n) is 5.69. The van der Waals surface area contributed by atoms with Gasteiger partial charge in [0.05, 0.1) is 16.7 Å². The molecule has 2 aliphatic heterocycles. The molecule has 2 aromatic rings. The van der Waals surface area contributed by atoms with Crippen molar-refractivity contribution in [2.45, 2.75) is 49.8 Å². The van der Waals surface area contributed by atoms with Crippen LogP contribution in [0, 0.1) is 0 Å². The lowest BCUT2D eigenvalue weighted by Gasteiger charge is -2.22. The molecular weight excluding hydrogens is 501 g/mol. The third-order valence-corrected chi connectivity index (χ3v) is 5.94. The number of halogens is 10. The smallest absolute Gasteiger partial charge is 0.339 e. The van der Waals surface area contributed by atoms with Gasteiger partial charge in [0, 0.05) is 29.9 Å². The minimum atomic E-state index is -4.87. The molecule has 0 N–H and O–H groups in total. The Hall–Kier alpha value is -2.43. The Balaban J connectivity index is 0.000000248. The van der Waals surface area contributed by atoms with E-state index in [2.05, 4.69) is 0 Å². The van der Waals surface area contributed by atoms with Crippen LogP contribution in [0.2, 0.25) is 5.02 Å². The summed E-state index contributed by atoms with van der Waals surface area (Å²) in [6.07, 6.45) is -12.7. The Morgan fingerprint density at radius 2 is 1.26 bits per heavy atom. The van der Waals surface area contributed by atoms with Crippen molar-refractivity contribution in [3.63, 3.8) is 0 Å². The highest BCUT2D eigenvalue weighted by Crippen LogP contribution is 2.44. The summed E-state index contributed by atoms with van der Waals surface area (Å²) in [5.74, 6) is -0.822. The maximum absolute atomic E-state index is 12.9. The maximum atomic E-state index is 12.9. The molecule has 0 spiro atoms. The van der Waals surface area contributed by atoms with E-state index in [0.29, 0.717) is 18.0 Å². The van der Waals surface area contributed by atoms with Gasteiger partial charge >= 0.3 is 18.5 Å². The zero-order valence-electron chi connectivity index (χ0n) is 17.2. The fourth-order valence-electron chi connectivity index (χ4n) is 4.13. The Bertz CT molecular complexity index is 996. The van der Waals surface area contributed by atoms with E-state index in [1.807, 2.05) is 0 Å². The molecule has 0 radical (unpaired) electrons. The molecule has 2 atom stereocenters. The van der Waals surface area contributed by atoms with Crippen LogP contribution in [0.25, 0.3) is 0 Å². The molecule has 0 bridgehead atoms. The first kappa shape index (κ1) is 26.2. The van der Waals surface area contributed by atoms with E-state index in [0.717, 1.165) is 30.7 Å². The average Bonchev–Trinajstić information content (AvgIpc) is 3.31. The van der Waals surface area contributed by atoms with E-state index in [9.17, 15) is 44.3 Å². The molecule has 2 aromatic carbocycles. The Labute approximate surface area is 193 Å². The zero-order chi connectivity index (χ0) is 25.5. The number of hydrogen-bond acceptors (Lipinski definition) is 1. The van der Waals surface area contributed by atoms with E-state index >= 15 is 0 Å². The number of carbonyl (C=O) groups is 1. The lowest BCUT2D eigenvalue weighted by atomic mass is 9.88. The minimum Gasteiger partial charge on any atom is -0.339 e. The van der Waals surface area contributed by atoms with Gasteiger partial charge in [-0.1, -0.05) is 11.6 Å². The highest BCUT2D eigenvalue weighted by Gasteiger charge is 2.45. The van der Waals surface area contributed by atoms with E-state index < -0.39 is 41.1 Å². The number of carbonyl (C=O) groups excluding carboxylic acids is 1. The van der Waals surface area contributed by atoms with E-state index in [1.54, 1.807) is 4.90 Å². The van der Waals surface area contributed by atoms with Crippen LogP contribution in [0.4, 0.5) is 39.5 Å². The van der Waals surface area contributed by atoms with Crippen molar-refractivity contribution >= 4 is 17.5 Å². The van der Waals surface area contributed by atoms with Crippen LogP contribution >= 0.6 is 11.6 Å². The molecule has 0 aromatic heterocycles. The van der Waals surface area contributed by atoms with Gasteiger partial charge in [0.1, 0.15) is 0 Å². The molecule has 2 unspecified atom stereocenters. The quantitative estimate of drug-likeness (QED) is 0.357. The van der Waals surface area contributed by atoms with Gasteiger partial charge in [-0.15, -0.1) is 0 Å². The SMILES string of the molecule is FC(F)(F)c1ccc(Cl)cc1.O=C1CC(c2cc(C(F)(F)F)cc(C(F)(F)F)c2)C2CCCN12. The van der Waals surface area contributed by atoms with Crippen molar-refractivity contribution in [3.05, 3.63) is 69.7 Å². The van der Waals surface area contributed by atoms with Crippen LogP contribution in [0.5, 0.6) is 0 Å². The highest BCUT2D eigenvalue weighted by atomic mass is 35.5. The summed E-state index contributed by atoms with van der Waals surface area (Å²) in [5.41, 5.74) is -3.39. The van der Waals surface area contributed by atoms with E-state index in [4.69, 9.17) is 11.6 Å². The zero-order valence-corrected chi connectivity index (χ0v) is 17.9. The van der Waals surface area contributed by atoms with Gasteiger partial charge in [-0.05, 0) is 60.9 Å². The standard InChI is InChI=1S/C15H13F6NO.C7H4ClF3/c16-14(17,18)9-4-8(5-10(6-9)15(19,20)21)11-7-13(23)22-3-1-2-12(11)22;8-6-3-1-5(2-4-6)7(9,10)11/h4-6,11-12H,1-3,7H2;1-4H. The number of amides is 1. The average molecular weight is 518 g/mol. The summed E-state index contributed by atoms with van der Waals surface area (Å²) in [4.78, 5) is 13.5. The first-order chi connectivity index (χ1) is 15.6. The summed E-state index contributed by atoms with van der Waals surface area (Å²) >= 11 is 5.39. The summed E-state index contributed by atoms with van der Waals surface area (Å²) in [6, 6.07) is 5.63. The molecule has 4 rings (SSSR count). The number of nitrogens with zero attached hydrogens (tertiary/aromatic N) is 1. The van der Waals surface area contributed by atoms with E-state index in [-0.39, 0.29) is 30.0 Å². The largest absolute Gasteiger partial charge is 0.416 e. The molecule has 1 amide bonds. The molecule has 2 nitrogen and oxygen atoms in total. The second kappa shape index (κ2) is 9.31. The Morgan fingerprint density at radius 1 is 0.765 bits per heavy atom. The van der Waals surface area contributed by atoms with Gasteiger partial charge < -0.3 is 4.90 Å². The van der Waals surface area contributed by atoms with Gasteiger partial charge in [-0.2, -0.15) is 39.5 Å². The van der Waals surface area contributed by atoms with Crippen molar-refractivity contribution in [2.75, 3.05) is 6.54 Å². The monoisotopic (exact) mass is 517 g/mol. The number of hydrogen-bond donors (Lipinski definition) is 0. The molecule has 0 saturated carbocycles. The van der Waals surface area contributed by atoms with Gasteiger partial charge in [0.2, 0.25) is 5.91 Å². The fourth-order valence-corrected chi connectivity index (χ4v) is 4.26. The second-order valence-corrected chi connectivity index (χ2v) is 8.39. The molecule has 2 fully saturated rings. The molecule has 0 aliphatic carbocycles. The van der Waals surface area contributed by atoms with Crippen LogP contribution in [0.3, 0.4) is 0 Å². The van der Waals surface area contributed by atoms with E-state index in [1.165, 1.54) is 12.1 Å². The number of alkyl halides is 9. The minimum absolute atomic E-state index is 0.0384. The van der Waals surface area contributed by atoms with Crippen molar-refractivity contribution in [1.29, 1.82) is 0 Å². The summed E-state index contributed by atoms with van der Waals surface area (Å²) in [6.45, 7) is 0.519. The van der Waals surface area contributed by atoms with Crippen LogP contribution in [0.15, 0.2) is 42.5 Å². The molecule has 2 saturated heterocycles. The molecule has 2 heterocycles. The van der Waals surface area contributed by atoms with Crippen molar-refractivity contribution < 1.29 is 44.3 Å². The van der Waals surface area contributed by atoms with Crippen LogP contribution in [0.1, 0.15) is 47.4 Å². The van der Waals surface area contributed by atoms with Gasteiger partial charge in [-0.3, -0.25) is 4.79 Å². The number of benzene rings is 2. The van der Waals surface area contributed by atoms with Crippen molar-refractivity contribution in [2.24, 2.45) is 0 Å². The van der Waals surface area contributed by atoms with Crippen molar-refractivity contribution in [1.82, 2.24) is 4.90 Å². The highest BCUT2D eigenvalue weighted by molar-refractivity contribution is 6.30. The fraction of sp³-hybridized carbons (Fsp3) is 0.409. The maximum Gasteiger partial charge on any atom is 0.416 e. The lowest BCUT2D eigenvalue weighted by Crippen LogP contribution is -2.28. The lowest BCUT2D eigenvalue weighted by molar-refractivity contribution is -0.143. The Kier molecular flexibility index (Phi) is 7.17. The van der Waals surface area contributed by atoms with Gasteiger partial charge in [-0.25, -0.2) is 0 Å². The number of fused-ring (bicyclic) bond motifs is 1. The number of rotatable bonds is 1. The first-order valence-electron chi connectivity index (χ1n) is 9.99. The van der Waals surface area contributed by atoms with Crippen LogP contribution in [-0.4, -0.2) is 23.4 Å².